The van der Waals surface area contributed by atoms with E-state index in [2.05, 4.69) is 15.5 Å². The maximum Gasteiger partial charge on any atom is 0.416 e. The van der Waals surface area contributed by atoms with Crippen molar-refractivity contribution in [2.75, 3.05) is 44.8 Å². The lowest BCUT2D eigenvalue weighted by Crippen LogP contribution is -2.59. The lowest BCUT2D eigenvalue weighted by Gasteiger charge is -2.51. The van der Waals surface area contributed by atoms with Gasteiger partial charge in [0.25, 0.3) is 5.91 Å². The number of ether oxygens (including phenoxy) is 3. The average molecular weight is 765 g/mol. The summed E-state index contributed by atoms with van der Waals surface area (Å²) in [5.74, 6) is -8.41. The van der Waals surface area contributed by atoms with E-state index < -0.39 is 84.1 Å². The average Bonchev–Trinajstić information content (AvgIpc) is 4.05. The predicted octanol–water partition coefficient (Wildman–Crippen LogP) is 5.32. The molecule has 0 radical (unpaired) electrons. The van der Waals surface area contributed by atoms with Crippen LogP contribution in [0.4, 0.5) is 32.0 Å². The maximum absolute atomic E-state index is 16.1. The fourth-order valence-electron chi connectivity index (χ4n) is 8.60. The zero-order valence-corrected chi connectivity index (χ0v) is 29.4. The van der Waals surface area contributed by atoms with Gasteiger partial charge in [0.2, 0.25) is 11.8 Å². The molecule has 3 amide bonds. The van der Waals surface area contributed by atoms with Crippen molar-refractivity contribution in [3.05, 3.63) is 59.4 Å². The highest BCUT2D eigenvalue weighted by Gasteiger charge is 2.53. The molecule has 2 saturated carbocycles. The number of nitrogens with zero attached hydrogens (tertiary/aromatic N) is 2. The van der Waals surface area contributed by atoms with Gasteiger partial charge in [-0.3, -0.25) is 19.3 Å². The topological polar surface area (TPSA) is 109 Å². The normalized spacial score (nSPS) is 25.5. The Labute approximate surface area is 307 Å². The van der Waals surface area contributed by atoms with E-state index in [-0.39, 0.29) is 41.3 Å². The highest BCUT2D eigenvalue weighted by molar-refractivity contribution is 5.99. The number of likely N-dealkylation sites (tertiary alicyclic amines) is 1. The number of fused-ring (bicyclic) bond motifs is 1. The molecule has 3 saturated heterocycles. The number of anilines is 1. The summed E-state index contributed by atoms with van der Waals surface area (Å²) in [5.41, 5.74) is -1.67. The minimum Gasteiger partial charge on any atom is -0.487 e. The number of benzene rings is 2. The first-order chi connectivity index (χ1) is 25.7. The first-order valence-corrected chi connectivity index (χ1v) is 18.6. The Bertz CT molecular complexity index is 1750. The van der Waals surface area contributed by atoms with Gasteiger partial charge >= 0.3 is 12.1 Å². The van der Waals surface area contributed by atoms with Gasteiger partial charge in [0.05, 0.1) is 37.5 Å². The van der Waals surface area contributed by atoms with Crippen LogP contribution in [0.15, 0.2) is 42.5 Å². The van der Waals surface area contributed by atoms with Crippen LogP contribution in [-0.4, -0.2) is 96.9 Å². The Balaban J connectivity index is 1.09. The molecule has 4 aliphatic heterocycles. The Hall–Kier alpha value is -3.89. The van der Waals surface area contributed by atoms with Crippen molar-refractivity contribution in [2.24, 2.45) is 17.8 Å². The molecule has 10 nitrogen and oxygen atoms in total. The van der Waals surface area contributed by atoms with Crippen LogP contribution in [0.2, 0.25) is 0 Å². The molecule has 2 aromatic carbocycles. The number of halogens is 6. The van der Waals surface area contributed by atoms with E-state index in [9.17, 15) is 27.6 Å². The highest BCUT2D eigenvalue weighted by atomic mass is 19.4. The van der Waals surface area contributed by atoms with Crippen LogP contribution < -0.4 is 15.4 Å². The maximum atomic E-state index is 16.1. The third-order valence-corrected chi connectivity index (χ3v) is 12.0. The lowest BCUT2D eigenvalue weighted by molar-refractivity contribution is -0.238. The summed E-state index contributed by atoms with van der Waals surface area (Å²) in [6.07, 6.45) is -2.86. The van der Waals surface area contributed by atoms with Gasteiger partial charge in [0, 0.05) is 36.7 Å². The Morgan fingerprint density at radius 2 is 1.61 bits per heavy atom. The number of hydrogen-bond acceptors (Lipinski definition) is 7. The first kappa shape index (κ1) is 37.1. The van der Waals surface area contributed by atoms with Gasteiger partial charge in [-0.2, -0.15) is 22.0 Å². The second kappa shape index (κ2) is 14.0. The standard InChI is InChI=1S/C38H42F6N4O6/c39-26-14-25-28(48-17-30(38(42,43)44)53-20-31(48)49)16-36(10-12-47(13-11-36)24-18-52-19-24)54-29(25)15-27(26)45-34(50)33(32(21-6-7-21)22-8-9-22)46-35(51)37(40,41)23-4-2-1-3-5-23/h1-5,14-15,21-22,24,28,30,32-33H,6-13,16-20H2,(H,45,50)(H,46,51)/t28?,30?,33-/m0/s1. The first-order valence-electron chi connectivity index (χ1n) is 18.6. The summed E-state index contributed by atoms with van der Waals surface area (Å²) in [5, 5.41) is 4.86. The molecule has 3 atom stereocenters. The number of morpholine rings is 1. The minimum atomic E-state index is -4.74. The van der Waals surface area contributed by atoms with Crippen LogP contribution in [-0.2, 0) is 29.8 Å². The number of rotatable bonds is 10. The number of nitrogens with one attached hydrogen (secondary N) is 2. The predicted molar refractivity (Wildman–Crippen MR) is 180 cm³/mol. The van der Waals surface area contributed by atoms with E-state index in [4.69, 9.17) is 14.2 Å². The number of piperidine rings is 1. The molecule has 2 N–H and O–H groups in total. The zero-order chi connectivity index (χ0) is 38.0. The molecular weight excluding hydrogens is 722 g/mol. The summed E-state index contributed by atoms with van der Waals surface area (Å²) < 4.78 is 105. The highest BCUT2D eigenvalue weighted by Crippen LogP contribution is 2.52. The van der Waals surface area contributed by atoms with Gasteiger partial charge in [0.1, 0.15) is 29.8 Å². The second-order valence-electron chi connectivity index (χ2n) is 15.6. The number of hydrogen-bond donors (Lipinski definition) is 2. The van der Waals surface area contributed by atoms with E-state index in [0.29, 0.717) is 39.1 Å². The fourth-order valence-corrected chi connectivity index (χ4v) is 8.60. The molecule has 4 heterocycles. The Kier molecular flexibility index (Phi) is 9.61. The van der Waals surface area contributed by atoms with Crippen LogP contribution in [0.5, 0.6) is 5.75 Å². The van der Waals surface area contributed by atoms with Gasteiger partial charge in [0.15, 0.2) is 6.10 Å². The molecular formula is C38H42F6N4O6. The van der Waals surface area contributed by atoms with E-state index in [0.717, 1.165) is 48.8 Å². The zero-order valence-electron chi connectivity index (χ0n) is 29.4. The van der Waals surface area contributed by atoms with Gasteiger partial charge in [-0.1, -0.05) is 30.3 Å². The molecule has 5 fully saturated rings. The summed E-state index contributed by atoms with van der Waals surface area (Å²) in [4.78, 5) is 43.8. The number of alkyl halides is 5. The van der Waals surface area contributed by atoms with Crippen LogP contribution in [0.3, 0.4) is 0 Å². The van der Waals surface area contributed by atoms with Crippen molar-refractivity contribution in [1.29, 1.82) is 0 Å². The Morgan fingerprint density at radius 3 is 2.20 bits per heavy atom. The quantitative estimate of drug-likeness (QED) is 0.316. The molecule has 292 valence electrons. The van der Waals surface area contributed by atoms with Gasteiger partial charge in [-0.15, -0.1) is 0 Å². The van der Waals surface area contributed by atoms with Crippen LogP contribution in [0.25, 0.3) is 0 Å². The Morgan fingerprint density at radius 1 is 0.944 bits per heavy atom. The monoisotopic (exact) mass is 764 g/mol. The third-order valence-electron chi connectivity index (χ3n) is 12.0. The molecule has 0 aromatic heterocycles. The van der Waals surface area contributed by atoms with E-state index in [1.165, 1.54) is 24.3 Å². The molecule has 1 spiro atoms. The van der Waals surface area contributed by atoms with Crippen molar-refractivity contribution in [1.82, 2.24) is 15.1 Å². The van der Waals surface area contributed by atoms with E-state index >= 15 is 13.2 Å². The molecule has 2 unspecified atom stereocenters. The van der Waals surface area contributed by atoms with E-state index in [1.807, 2.05) is 0 Å². The molecule has 6 aliphatic rings. The van der Waals surface area contributed by atoms with Gasteiger partial charge < -0.3 is 29.7 Å². The molecule has 54 heavy (non-hydrogen) atoms. The van der Waals surface area contributed by atoms with Gasteiger partial charge in [-0.25, -0.2) is 4.39 Å². The van der Waals surface area contributed by atoms with Crippen LogP contribution in [0.1, 0.15) is 62.1 Å². The fraction of sp³-hybridized carbons (Fsp3) is 0.605. The molecule has 0 bridgehead atoms. The summed E-state index contributed by atoms with van der Waals surface area (Å²) in [6, 6.07) is 6.69. The van der Waals surface area contributed by atoms with Crippen LogP contribution in [0, 0.1) is 23.6 Å². The summed E-state index contributed by atoms with van der Waals surface area (Å²) in [6.45, 7) is 0.805. The minimum absolute atomic E-state index is 0.0279. The third kappa shape index (κ3) is 7.28. The van der Waals surface area contributed by atoms with Crippen molar-refractivity contribution in [3.8, 4) is 5.75 Å². The van der Waals surface area contributed by atoms with E-state index in [1.54, 1.807) is 0 Å². The molecule has 16 heteroatoms. The summed E-state index contributed by atoms with van der Waals surface area (Å²) >= 11 is 0. The van der Waals surface area contributed by atoms with Crippen LogP contribution >= 0.6 is 0 Å². The number of carbonyl (C=O) groups excluding carboxylic acids is 3. The smallest absolute Gasteiger partial charge is 0.416 e. The largest absolute Gasteiger partial charge is 0.487 e. The second-order valence-corrected chi connectivity index (χ2v) is 15.6. The van der Waals surface area contributed by atoms with Crippen molar-refractivity contribution in [2.45, 2.75) is 86.9 Å². The number of carbonyl (C=O) groups is 3. The molecule has 8 rings (SSSR count). The molecule has 2 aliphatic carbocycles. The van der Waals surface area contributed by atoms with Crippen molar-refractivity contribution in [3.63, 3.8) is 0 Å². The van der Waals surface area contributed by atoms with Crippen molar-refractivity contribution < 1.29 is 54.9 Å². The number of amides is 3. The van der Waals surface area contributed by atoms with Gasteiger partial charge in [-0.05, 0) is 62.3 Å². The SMILES string of the molecule is O=C(Nc1cc2c(cc1F)C(N1CC(C(F)(F)F)OCC1=O)CC1(CCN(C3COC3)CC1)O2)[C@@H](NC(=O)C(F)(F)c1ccccc1)C(C1CC1)C1CC1. The summed E-state index contributed by atoms with van der Waals surface area (Å²) in [7, 11) is 0. The van der Waals surface area contributed by atoms with Crippen molar-refractivity contribution >= 4 is 23.4 Å². The lowest BCUT2D eigenvalue weighted by atomic mass is 9.79. The molecule has 2 aromatic rings.